The summed E-state index contributed by atoms with van der Waals surface area (Å²) in [6, 6.07) is 7.72. The molecule has 0 aliphatic carbocycles. The van der Waals surface area contributed by atoms with Crippen LogP contribution < -0.4 is 5.32 Å². The van der Waals surface area contributed by atoms with Gasteiger partial charge in [-0.05, 0) is 42.8 Å². The average Bonchev–Trinajstić information content (AvgIpc) is 2.41. The quantitative estimate of drug-likeness (QED) is 0.889. The average molecular weight is 300 g/mol. The molecule has 0 spiro atoms. The van der Waals surface area contributed by atoms with Gasteiger partial charge in [0.05, 0.1) is 0 Å². The minimum Gasteiger partial charge on any atom is -0.313 e. The molecule has 2 aromatic carbocycles. The summed E-state index contributed by atoms with van der Waals surface area (Å²) in [5, 5.41) is 3.23. The van der Waals surface area contributed by atoms with E-state index in [2.05, 4.69) is 5.32 Å². The Morgan fingerprint density at radius 1 is 1.15 bits per heavy atom. The predicted octanol–water partition coefficient (Wildman–Crippen LogP) is 4.26. The van der Waals surface area contributed by atoms with Gasteiger partial charge in [-0.3, -0.25) is 0 Å². The molecule has 0 saturated heterocycles. The van der Waals surface area contributed by atoms with Crippen LogP contribution in [0.1, 0.15) is 17.2 Å². The monoisotopic (exact) mass is 299 g/mol. The zero-order valence-corrected chi connectivity index (χ0v) is 11.5. The topological polar surface area (TPSA) is 12.0 Å². The van der Waals surface area contributed by atoms with E-state index < -0.39 is 17.5 Å². The highest BCUT2D eigenvalue weighted by Crippen LogP contribution is 2.27. The van der Waals surface area contributed by atoms with Gasteiger partial charge in [0.2, 0.25) is 0 Å². The van der Waals surface area contributed by atoms with E-state index >= 15 is 0 Å². The zero-order valence-electron chi connectivity index (χ0n) is 10.8. The molecule has 1 nitrogen and oxygen atoms in total. The molecule has 2 rings (SSSR count). The van der Waals surface area contributed by atoms with Gasteiger partial charge in [0.25, 0.3) is 0 Å². The Bertz CT molecular complexity index is 616. The molecule has 1 N–H and O–H groups in total. The van der Waals surface area contributed by atoms with Crippen molar-refractivity contribution < 1.29 is 13.2 Å². The first-order valence-electron chi connectivity index (χ1n) is 6.08. The van der Waals surface area contributed by atoms with E-state index in [9.17, 15) is 13.2 Å². The summed E-state index contributed by atoms with van der Waals surface area (Å²) in [6.07, 6.45) is 0.214. The van der Waals surface area contributed by atoms with Crippen LogP contribution in [0, 0.1) is 17.5 Å². The second-order valence-electron chi connectivity index (χ2n) is 4.42. The van der Waals surface area contributed by atoms with Crippen LogP contribution in [0.5, 0.6) is 0 Å². The van der Waals surface area contributed by atoms with E-state index in [1.807, 2.05) is 0 Å². The van der Waals surface area contributed by atoms with Crippen LogP contribution in [0.4, 0.5) is 13.2 Å². The van der Waals surface area contributed by atoms with Crippen molar-refractivity contribution in [3.63, 3.8) is 0 Å². The van der Waals surface area contributed by atoms with E-state index in [1.54, 1.807) is 7.05 Å². The lowest BCUT2D eigenvalue weighted by atomic mass is 9.98. The number of likely N-dealkylation sites (N-methyl/N-ethyl adjacent to an activating group) is 1. The van der Waals surface area contributed by atoms with E-state index in [1.165, 1.54) is 30.3 Å². The van der Waals surface area contributed by atoms with Crippen molar-refractivity contribution in [1.82, 2.24) is 5.32 Å². The highest BCUT2D eigenvalue weighted by atomic mass is 35.5. The van der Waals surface area contributed by atoms with E-state index in [0.29, 0.717) is 5.56 Å². The van der Waals surface area contributed by atoms with Gasteiger partial charge in [-0.1, -0.05) is 29.8 Å². The number of benzene rings is 2. The number of rotatable bonds is 4. The van der Waals surface area contributed by atoms with Gasteiger partial charge < -0.3 is 5.32 Å². The van der Waals surface area contributed by atoms with Crippen molar-refractivity contribution >= 4 is 11.6 Å². The van der Waals surface area contributed by atoms with Crippen LogP contribution in [-0.2, 0) is 6.42 Å². The van der Waals surface area contributed by atoms with Crippen LogP contribution in [0.15, 0.2) is 36.4 Å². The molecule has 0 radical (unpaired) electrons. The third-order valence-electron chi connectivity index (χ3n) is 3.14. The standard InChI is InChI=1S/C15H13ClF3N/c1-20-14(11-6-5-10(17)8-12(11)16)7-9-3-2-4-13(18)15(9)19/h2-6,8,14,20H,7H2,1H3. The molecular formula is C15H13ClF3N. The van der Waals surface area contributed by atoms with Gasteiger partial charge in [-0.2, -0.15) is 0 Å². The van der Waals surface area contributed by atoms with Gasteiger partial charge >= 0.3 is 0 Å². The lowest BCUT2D eigenvalue weighted by Crippen LogP contribution is -2.20. The molecule has 0 saturated carbocycles. The van der Waals surface area contributed by atoms with Crippen molar-refractivity contribution in [1.29, 1.82) is 0 Å². The van der Waals surface area contributed by atoms with E-state index in [0.717, 1.165) is 6.07 Å². The third kappa shape index (κ3) is 3.14. The van der Waals surface area contributed by atoms with Crippen molar-refractivity contribution in [3.8, 4) is 0 Å². The maximum atomic E-state index is 13.7. The second-order valence-corrected chi connectivity index (χ2v) is 4.83. The molecule has 1 unspecified atom stereocenters. The molecule has 1 atom stereocenters. The summed E-state index contributed by atoms with van der Waals surface area (Å²) in [5.41, 5.74) is 0.879. The fourth-order valence-corrected chi connectivity index (χ4v) is 2.38. The number of nitrogens with one attached hydrogen (secondary N) is 1. The first kappa shape index (κ1) is 14.9. The lowest BCUT2D eigenvalue weighted by Gasteiger charge is -2.18. The summed E-state index contributed by atoms with van der Waals surface area (Å²) in [4.78, 5) is 0. The minimum absolute atomic E-state index is 0.214. The largest absolute Gasteiger partial charge is 0.313 e. The molecule has 0 amide bonds. The second kappa shape index (κ2) is 6.29. The summed E-state index contributed by atoms with van der Waals surface area (Å²) >= 11 is 5.99. The van der Waals surface area contributed by atoms with Crippen molar-refractivity contribution in [3.05, 3.63) is 70.0 Å². The minimum atomic E-state index is -0.887. The molecule has 5 heteroatoms. The Hall–Kier alpha value is -1.52. The van der Waals surface area contributed by atoms with Gasteiger partial charge in [0.15, 0.2) is 11.6 Å². The summed E-state index contributed by atoms with van der Waals surface area (Å²) in [7, 11) is 1.68. The first-order valence-corrected chi connectivity index (χ1v) is 6.46. The first-order chi connectivity index (χ1) is 9.52. The fraction of sp³-hybridized carbons (Fsp3) is 0.200. The van der Waals surface area contributed by atoms with Crippen LogP contribution in [0.25, 0.3) is 0 Å². The predicted molar refractivity (Wildman–Crippen MR) is 73.3 cm³/mol. The summed E-state index contributed by atoms with van der Waals surface area (Å²) in [6.45, 7) is 0. The van der Waals surface area contributed by atoms with Gasteiger partial charge in [-0.25, -0.2) is 13.2 Å². The highest BCUT2D eigenvalue weighted by molar-refractivity contribution is 6.31. The summed E-state index contributed by atoms with van der Waals surface area (Å²) in [5.74, 6) is -2.20. The van der Waals surface area contributed by atoms with Gasteiger partial charge in [0, 0.05) is 11.1 Å². The molecule has 106 valence electrons. The Morgan fingerprint density at radius 2 is 1.90 bits per heavy atom. The Morgan fingerprint density at radius 3 is 2.55 bits per heavy atom. The molecule has 0 fully saturated rings. The Kier molecular flexibility index (Phi) is 4.68. The van der Waals surface area contributed by atoms with E-state index in [4.69, 9.17) is 11.6 Å². The smallest absolute Gasteiger partial charge is 0.162 e. The molecule has 20 heavy (non-hydrogen) atoms. The SMILES string of the molecule is CNC(Cc1cccc(F)c1F)c1ccc(F)cc1Cl. The fourth-order valence-electron chi connectivity index (χ4n) is 2.08. The van der Waals surface area contributed by atoms with Crippen molar-refractivity contribution in [2.75, 3.05) is 7.05 Å². The van der Waals surface area contributed by atoms with Crippen molar-refractivity contribution in [2.45, 2.75) is 12.5 Å². The zero-order chi connectivity index (χ0) is 14.7. The Balaban J connectivity index is 2.31. The van der Waals surface area contributed by atoms with Crippen LogP contribution in [0.3, 0.4) is 0 Å². The van der Waals surface area contributed by atoms with Crippen LogP contribution >= 0.6 is 11.6 Å². The maximum Gasteiger partial charge on any atom is 0.162 e. The number of hydrogen-bond donors (Lipinski definition) is 1. The molecule has 0 heterocycles. The van der Waals surface area contributed by atoms with E-state index in [-0.39, 0.29) is 23.0 Å². The number of hydrogen-bond acceptors (Lipinski definition) is 1. The van der Waals surface area contributed by atoms with Crippen LogP contribution in [0.2, 0.25) is 5.02 Å². The maximum absolute atomic E-state index is 13.7. The molecule has 0 aliphatic heterocycles. The highest BCUT2D eigenvalue weighted by Gasteiger charge is 2.17. The molecule has 0 aromatic heterocycles. The molecule has 2 aromatic rings. The molecular weight excluding hydrogens is 287 g/mol. The third-order valence-corrected chi connectivity index (χ3v) is 3.47. The number of halogens is 4. The molecule has 0 bridgehead atoms. The lowest BCUT2D eigenvalue weighted by molar-refractivity contribution is 0.486. The summed E-state index contributed by atoms with van der Waals surface area (Å²) < 4.78 is 39.9. The van der Waals surface area contributed by atoms with Crippen molar-refractivity contribution in [2.24, 2.45) is 0 Å². The molecule has 0 aliphatic rings. The normalized spacial score (nSPS) is 12.4. The van der Waals surface area contributed by atoms with Gasteiger partial charge in [0.1, 0.15) is 5.82 Å². The Labute approximate surface area is 120 Å². The van der Waals surface area contributed by atoms with Gasteiger partial charge in [-0.15, -0.1) is 0 Å². The van der Waals surface area contributed by atoms with Crippen LogP contribution in [-0.4, -0.2) is 7.05 Å².